The number of ether oxygens (including phenoxy) is 1. The summed E-state index contributed by atoms with van der Waals surface area (Å²) in [4.78, 5) is 0.348. The SMILES string of the molecule is CCC1(C)CCOC(c2ccc(S(C)(=O)=O)cc2)CN1. The molecule has 0 spiro atoms. The lowest BCUT2D eigenvalue weighted by atomic mass is 9.95. The molecular formula is C15H23NO3S. The Balaban J connectivity index is 2.12. The number of benzene rings is 1. The summed E-state index contributed by atoms with van der Waals surface area (Å²) in [5.74, 6) is 0. The minimum absolute atomic E-state index is 0.0167. The molecule has 20 heavy (non-hydrogen) atoms. The van der Waals surface area contributed by atoms with E-state index in [1.54, 1.807) is 12.1 Å². The van der Waals surface area contributed by atoms with Crippen molar-refractivity contribution in [1.82, 2.24) is 5.32 Å². The van der Waals surface area contributed by atoms with Gasteiger partial charge in [-0.25, -0.2) is 8.42 Å². The van der Waals surface area contributed by atoms with E-state index < -0.39 is 9.84 Å². The van der Waals surface area contributed by atoms with Crippen LogP contribution in [0.2, 0.25) is 0 Å². The van der Waals surface area contributed by atoms with E-state index in [0.717, 1.165) is 31.6 Å². The molecular weight excluding hydrogens is 274 g/mol. The molecule has 1 aromatic carbocycles. The maximum Gasteiger partial charge on any atom is 0.175 e. The van der Waals surface area contributed by atoms with Crippen molar-refractivity contribution < 1.29 is 13.2 Å². The van der Waals surface area contributed by atoms with Crippen LogP contribution < -0.4 is 5.32 Å². The van der Waals surface area contributed by atoms with Crippen LogP contribution in [0.15, 0.2) is 29.2 Å². The average Bonchev–Trinajstić information content (AvgIpc) is 2.61. The van der Waals surface area contributed by atoms with Gasteiger partial charge in [-0.3, -0.25) is 0 Å². The Hall–Kier alpha value is -0.910. The van der Waals surface area contributed by atoms with Crippen molar-refractivity contribution in [2.24, 2.45) is 0 Å². The third-order valence-corrected chi connectivity index (χ3v) is 5.28. The van der Waals surface area contributed by atoms with E-state index in [2.05, 4.69) is 19.2 Å². The largest absolute Gasteiger partial charge is 0.372 e. The fraction of sp³-hybridized carbons (Fsp3) is 0.600. The van der Waals surface area contributed by atoms with Crippen molar-refractivity contribution in [2.45, 2.75) is 43.2 Å². The van der Waals surface area contributed by atoms with Crippen LogP contribution in [0.4, 0.5) is 0 Å². The minimum Gasteiger partial charge on any atom is -0.372 e. The smallest absolute Gasteiger partial charge is 0.175 e. The molecule has 0 amide bonds. The van der Waals surface area contributed by atoms with E-state index in [1.165, 1.54) is 6.26 Å². The first-order valence-corrected chi connectivity index (χ1v) is 8.90. The van der Waals surface area contributed by atoms with Gasteiger partial charge < -0.3 is 10.1 Å². The topological polar surface area (TPSA) is 55.4 Å². The van der Waals surface area contributed by atoms with Crippen molar-refractivity contribution in [2.75, 3.05) is 19.4 Å². The van der Waals surface area contributed by atoms with Gasteiger partial charge in [0.25, 0.3) is 0 Å². The second-order valence-electron chi connectivity index (χ2n) is 5.75. The predicted molar refractivity (Wildman–Crippen MR) is 79.6 cm³/mol. The number of rotatable bonds is 3. The van der Waals surface area contributed by atoms with Gasteiger partial charge in [-0.2, -0.15) is 0 Å². The Morgan fingerprint density at radius 2 is 2.00 bits per heavy atom. The first-order valence-electron chi connectivity index (χ1n) is 7.01. The molecule has 1 N–H and O–H groups in total. The van der Waals surface area contributed by atoms with Gasteiger partial charge in [0.05, 0.1) is 11.0 Å². The van der Waals surface area contributed by atoms with Crippen molar-refractivity contribution in [3.63, 3.8) is 0 Å². The van der Waals surface area contributed by atoms with Gasteiger partial charge in [0, 0.05) is 24.9 Å². The van der Waals surface area contributed by atoms with Crippen molar-refractivity contribution in [3.05, 3.63) is 29.8 Å². The molecule has 5 heteroatoms. The van der Waals surface area contributed by atoms with Crippen LogP contribution in [0.25, 0.3) is 0 Å². The highest BCUT2D eigenvalue weighted by Crippen LogP contribution is 2.25. The van der Waals surface area contributed by atoms with Crippen LogP contribution in [0, 0.1) is 0 Å². The zero-order valence-electron chi connectivity index (χ0n) is 12.3. The molecule has 0 aliphatic carbocycles. The van der Waals surface area contributed by atoms with Crippen LogP contribution >= 0.6 is 0 Å². The van der Waals surface area contributed by atoms with Crippen LogP contribution in [0.1, 0.15) is 38.4 Å². The monoisotopic (exact) mass is 297 g/mol. The summed E-state index contributed by atoms with van der Waals surface area (Å²) in [5, 5.41) is 3.56. The summed E-state index contributed by atoms with van der Waals surface area (Å²) < 4.78 is 28.8. The van der Waals surface area contributed by atoms with Gasteiger partial charge in [0.1, 0.15) is 0 Å². The van der Waals surface area contributed by atoms with Crippen LogP contribution in [-0.4, -0.2) is 33.4 Å². The Kier molecular flexibility index (Phi) is 4.52. The van der Waals surface area contributed by atoms with Gasteiger partial charge in [0.15, 0.2) is 9.84 Å². The van der Waals surface area contributed by atoms with Crippen molar-refractivity contribution in [1.29, 1.82) is 0 Å². The number of hydrogen-bond acceptors (Lipinski definition) is 4. The van der Waals surface area contributed by atoms with Crippen LogP contribution in [0.5, 0.6) is 0 Å². The van der Waals surface area contributed by atoms with E-state index in [4.69, 9.17) is 4.74 Å². The minimum atomic E-state index is -3.14. The summed E-state index contributed by atoms with van der Waals surface area (Å²) in [5.41, 5.74) is 1.15. The normalized spacial score (nSPS) is 28.1. The zero-order chi connectivity index (χ0) is 14.8. The molecule has 0 aromatic heterocycles. The third-order valence-electron chi connectivity index (χ3n) is 4.15. The van der Waals surface area contributed by atoms with E-state index in [0.29, 0.717) is 4.90 Å². The number of sulfone groups is 1. The van der Waals surface area contributed by atoms with Crippen molar-refractivity contribution >= 4 is 9.84 Å². The summed E-state index contributed by atoms with van der Waals surface area (Å²) in [7, 11) is -3.14. The molecule has 0 radical (unpaired) electrons. The maximum atomic E-state index is 11.5. The molecule has 1 saturated heterocycles. The standard InChI is InChI=1S/C15H23NO3S/c1-4-15(2)9-10-19-14(11-16-15)12-5-7-13(8-6-12)20(3,17)18/h5-8,14,16H,4,9-11H2,1-3H3. The van der Waals surface area contributed by atoms with Gasteiger partial charge in [-0.15, -0.1) is 0 Å². The highest BCUT2D eigenvalue weighted by atomic mass is 32.2. The number of hydrogen-bond donors (Lipinski definition) is 1. The van der Waals surface area contributed by atoms with Gasteiger partial charge in [-0.1, -0.05) is 19.1 Å². The molecule has 2 unspecified atom stereocenters. The van der Waals surface area contributed by atoms with E-state index >= 15 is 0 Å². The Bertz CT molecular complexity index is 553. The predicted octanol–water partition coefficient (Wildman–Crippen LogP) is 2.31. The highest BCUT2D eigenvalue weighted by Gasteiger charge is 2.27. The van der Waals surface area contributed by atoms with Crippen LogP contribution in [0.3, 0.4) is 0 Å². The Morgan fingerprint density at radius 3 is 2.55 bits per heavy atom. The molecule has 2 atom stereocenters. The molecule has 0 bridgehead atoms. The molecule has 4 nitrogen and oxygen atoms in total. The van der Waals surface area contributed by atoms with E-state index in [-0.39, 0.29) is 11.6 Å². The number of nitrogens with one attached hydrogen (secondary N) is 1. The third kappa shape index (κ3) is 3.59. The van der Waals surface area contributed by atoms with Crippen molar-refractivity contribution in [3.8, 4) is 0 Å². The lowest BCUT2D eigenvalue weighted by Gasteiger charge is -2.27. The van der Waals surface area contributed by atoms with Gasteiger partial charge in [-0.05, 0) is 37.5 Å². The maximum absolute atomic E-state index is 11.5. The average molecular weight is 297 g/mol. The zero-order valence-corrected chi connectivity index (χ0v) is 13.2. The summed E-state index contributed by atoms with van der Waals surface area (Å²) in [6.45, 7) is 5.86. The molecule has 1 aliphatic rings. The summed E-state index contributed by atoms with van der Waals surface area (Å²) >= 11 is 0. The first-order chi connectivity index (χ1) is 9.34. The second-order valence-corrected chi connectivity index (χ2v) is 7.76. The first kappa shape index (κ1) is 15.5. The Morgan fingerprint density at radius 1 is 1.35 bits per heavy atom. The molecule has 2 rings (SSSR count). The summed E-state index contributed by atoms with van der Waals surface area (Å²) in [6.07, 6.45) is 3.26. The van der Waals surface area contributed by atoms with Gasteiger partial charge in [0.2, 0.25) is 0 Å². The Labute approximate surface area is 121 Å². The van der Waals surface area contributed by atoms with E-state index in [1.807, 2.05) is 12.1 Å². The molecule has 1 fully saturated rings. The fourth-order valence-corrected chi connectivity index (χ4v) is 2.99. The molecule has 0 saturated carbocycles. The second kappa shape index (κ2) is 5.84. The van der Waals surface area contributed by atoms with E-state index in [9.17, 15) is 8.42 Å². The molecule has 1 aliphatic heterocycles. The molecule has 112 valence electrons. The quantitative estimate of drug-likeness (QED) is 0.930. The lowest BCUT2D eigenvalue weighted by Crippen LogP contribution is -2.42. The lowest BCUT2D eigenvalue weighted by molar-refractivity contribution is 0.0653. The summed E-state index contributed by atoms with van der Waals surface area (Å²) in [6, 6.07) is 6.99. The highest BCUT2D eigenvalue weighted by molar-refractivity contribution is 7.90. The molecule has 1 heterocycles. The van der Waals surface area contributed by atoms with Crippen LogP contribution in [-0.2, 0) is 14.6 Å². The fourth-order valence-electron chi connectivity index (χ4n) is 2.36. The molecule has 1 aromatic rings. The van der Waals surface area contributed by atoms with Gasteiger partial charge >= 0.3 is 0 Å².